The third-order valence-corrected chi connectivity index (χ3v) is 7.31. The van der Waals surface area contributed by atoms with Crippen LogP contribution in [0.25, 0.3) is 0 Å². The SMILES string of the molecule is O=C(Nc1ccc2c(c1)N(S(=O)(=O)c1ccccc1)CCC2)c1cc([N+](=O)[O-])ccc1Cl. The van der Waals surface area contributed by atoms with Crippen molar-refractivity contribution >= 4 is 44.6 Å². The van der Waals surface area contributed by atoms with Crippen LogP contribution >= 0.6 is 11.6 Å². The highest BCUT2D eigenvalue weighted by molar-refractivity contribution is 7.92. The molecule has 1 heterocycles. The predicted octanol–water partition coefficient (Wildman–Crippen LogP) is 4.64. The minimum atomic E-state index is -3.77. The van der Waals surface area contributed by atoms with Gasteiger partial charge < -0.3 is 5.32 Å². The van der Waals surface area contributed by atoms with Crippen LogP contribution in [0.2, 0.25) is 5.02 Å². The maximum atomic E-state index is 13.2. The quantitative estimate of drug-likeness (QED) is 0.430. The lowest BCUT2D eigenvalue weighted by Crippen LogP contribution is -2.35. The molecule has 0 saturated heterocycles. The number of aryl methyl sites for hydroxylation is 1. The Hall–Kier alpha value is -3.43. The van der Waals surface area contributed by atoms with E-state index in [9.17, 15) is 23.3 Å². The first-order valence-corrected chi connectivity index (χ1v) is 11.6. The summed E-state index contributed by atoms with van der Waals surface area (Å²) in [5.74, 6) is -0.632. The monoisotopic (exact) mass is 471 g/mol. The van der Waals surface area contributed by atoms with Crippen molar-refractivity contribution in [3.05, 3.63) is 93.0 Å². The number of benzene rings is 3. The molecule has 0 aliphatic carbocycles. The zero-order valence-corrected chi connectivity index (χ0v) is 18.3. The summed E-state index contributed by atoms with van der Waals surface area (Å²) in [5, 5.41) is 13.7. The van der Waals surface area contributed by atoms with Crippen molar-refractivity contribution in [3.63, 3.8) is 0 Å². The zero-order chi connectivity index (χ0) is 22.9. The highest BCUT2D eigenvalue weighted by Crippen LogP contribution is 2.34. The van der Waals surface area contributed by atoms with E-state index in [1.54, 1.807) is 48.5 Å². The molecular weight excluding hydrogens is 454 g/mol. The number of nitrogens with one attached hydrogen (secondary N) is 1. The van der Waals surface area contributed by atoms with Gasteiger partial charge in [-0.15, -0.1) is 0 Å². The summed E-state index contributed by atoms with van der Waals surface area (Å²) in [6.45, 7) is 0.318. The van der Waals surface area contributed by atoms with Gasteiger partial charge in [0.1, 0.15) is 0 Å². The van der Waals surface area contributed by atoms with E-state index in [-0.39, 0.29) is 21.2 Å². The average molecular weight is 472 g/mol. The summed E-state index contributed by atoms with van der Waals surface area (Å²) in [5.41, 5.74) is 1.38. The van der Waals surface area contributed by atoms with Crippen LogP contribution in [0.4, 0.5) is 17.1 Å². The van der Waals surface area contributed by atoms with E-state index in [0.29, 0.717) is 30.8 Å². The number of amides is 1. The van der Waals surface area contributed by atoms with Crippen LogP contribution in [0, 0.1) is 10.1 Å². The molecule has 0 radical (unpaired) electrons. The number of sulfonamides is 1. The maximum absolute atomic E-state index is 13.2. The number of carbonyl (C=O) groups is 1. The number of rotatable bonds is 5. The molecule has 1 amide bonds. The summed E-state index contributed by atoms with van der Waals surface area (Å²) < 4.78 is 27.8. The number of fused-ring (bicyclic) bond motifs is 1. The fourth-order valence-electron chi connectivity index (χ4n) is 3.59. The number of carbonyl (C=O) groups excluding carboxylic acids is 1. The molecular formula is C22H18ClN3O5S. The number of nitro benzene ring substituents is 1. The van der Waals surface area contributed by atoms with E-state index in [1.165, 1.54) is 16.4 Å². The molecule has 1 aliphatic heterocycles. The average Bonchev–Trinajstić information content (AvgIpc) is 2.79. The van der Waals surface area contributed by atoms with Gasteiger partial charge in [0.2, 0.25) is 0 Å². The highest BCUT2D eigenvalue weighted by Gasteiger charge is 2.29. The molecule has 1 N–H and O–H groups in total. The summed E-state index contributed by atoms with van der Waals surface area (Å²) >= 11 is 6.06. The maximum Gasteiger partial charge on any atom is 0.270 e. The second-order valence-electron chi connectivity index (χ2n) is 7.21. The molecule has 1 aliphatic rings. The van der Waals surface area contributed by atoms with Crippen molar-refractivity contribution < 1.29 is 18.1 Å². The Balaban J connectivity index is 1.67. The van der Waals surface area contributed by atoms with Crippen LogP contribution in [0.1, 0.15) is 22.3 Å². The van der Waals surface area contributed by atoms with Gasteiger partial charge in [-0.25, -0.2) is 8.42 Å². The Bertz CT molecular complexity index is 1310. The van der Waals surface area contributed by atoms with Crippen molar-refractivity contribution in [2.45, 2.75) is 17.7 Å². The number of nitrogens with zero attached hydrogens (tertiary/aromatic N) is 2. The first-order chi connectivity index (χ1) is 15.3. The number of halogens is 1. The molecule has 0 bridgehead atoms. The van der Waals surface area contributed by atoms with E-state index in [1.807, 2.05) is 0 Å². The fourth-order valence-corrected chi connectivity index (χ4v) is 5.34. The lowest BCUT2D eigenvalue weighted by molar-refractivity contribution is -0.384. The standard InChI is InChI=1S/C22H18ClN3O5S/c23-20-11-10-17(26(28)29)14-19(20)22(27)24-16-9-8-15-5-4-12-25(21(15)13-16)32(30,31)18-6-2-1-3-7-18/h1-3,6-11,13-14H,4-5,12H2,(H,24,27). The number of anilines is 2. The van der Waals surface area contributed by atoms with E-state index >= 15 is 0 Å². The van der Waals surface area contributed by atoms with Crippen LogP contribution < -0.4 is 9.62 Å². The van der Waals surface area contributed by atoms with Gasteiger partial charge in [0.25, 0.3) is 21.6 Å². The second-order valence-corrected chi connectivity index (χ2v) is 9.48. The largest absolute Gasteiger partial charge is 0.322 e. The molecule has 0 aromatic heterocycles. The van der Waals surface area contributed by atoms with Gasteiger partial charge in [-0.1, -0.05) is 35.9 Å². The fraction of sp³-hybridized carbons (Fsp3) is 0.136. The topological polar surface area (TPSA) is 110 Å². The Labute approximate surface area is 189 Å². The normalized spacial score (nSPS) is 13.3. The molecule has 0 unspecified atom stereocenters. The third-order valence-electron chi connectivity index (χ3n) is 5.16. The summed E-state index contributed by atoms with van der Waals surface area (Å²) in [4.78, 5) is 23.3. The van der Waals surface area contributed by atoms with Gasteiger partial charge in [-0.3, -0.25) is 19.2 Å². The Kier molecular flexibility index (Phi) is 5.86. The molecule has 4 rings (SSSR count). The molecule has 10 heteroatoms. The highest BCUT2D eigenvalue weighted by atomic mass is 35.5. The van der Waals surface area contributed by atoms with Gasteiger partial charge in [-0.05, 0) is 48.7 Å². The predicted molar refractivity (Wildman–Crippen MR) is 122 cm³/mol. The minimum absolute atomic E-state index is 0.0487. The van der Waals surface area contributed by atoms with Crippen LogP contribution in [0.3, 0.4) is 0 Å². The van der Waals surface area contributed by atoms with Crippen LogP contribution in [0.5, 0.6) is 0 Å². The molecule has 0 atom stereocenters. The van der Waals surface area contributed by atoms with Crippen molar-refractivity contribution in [1.82, 2.24) is 0 Å². The van der Waals surface area contributed by atoms with E-state index in [0.717, 1.165) is 11.6 Å². The van der Waals surface area contributed by atoms with Crippen molar-refractivity contribution in [1.29, 1.82) is 0 Å². The van der Waals surface area contributed by atoms with Gasteiger partial charge in [-0.2, -0.15) is 0 Å². The lowest BCUT2D eigenvalue weighted by atomic mass is 10.0. The smallest absolute Gasteiger partial charge is 0.270 e. The molecule has 0 fully saturated rings. The minimum Gasteiger partial charge on any atom is -0.322 e. The summed E-state index contributed by atoms with van der Waals surface area (Å²) in [6, 6.07) is 16.8. The Morgan fingerprint density at radius 1 is 1.06 bits per heavy atom. The van der Waals surface area contributed by atoms with Gasteiger partial charge in [0.15, 0.2) is 0 Å². The van der Waals surface area contributed by atoms with Gasteiger partial charge in [0.05, 0.1) is 26.1 Å². The van der Waals surface area contributed by atoms with Crippen molar-refractivity contribution in [2.75, 3.05) is 16.2 Å². The molecule has 3 aromatic carbocycles. The molecule has 0 spiro atoms. The Morgan fingerprint density at radius 2 is 1.81 bits per heavy atom. The number of hydrogen-bond donors (Lipinski definition) is 1. The molecule has 3 aromatic rings. The molecule has 32 heavy (non-hydrogen) atoms. The first kappa shape index (κ1) is 21.8. The van der Waals surface area contributed by atoms with E-state index in [2.05, 4.69) is 5.32 Å². The number of nitro groups is 1. The summed E-state index contributed by atoms with van der Waals surface area (Å²) in [6.07, 6.45) is 1.38. The molecule has 0 saturated carbocycles. The van der Waals surface area contributed by atoms with Crippen molar-refractivity contribution in [2.24, 2.45) is 0 Å². The molecule has 8 nitrogen and oxygen atoms in total. The number of hydrogen-bond acceptors (Lipinski definition) is 5. The van der Waals surface area contributed by atoms with E-state index < -0.39 is 20.9 Å². The van der Waals surface area contributed by atoms with Crippen LogP contribution in [-0.2, 0) is 16.4 Å². The van der Waals surface area contributed by atoms with E-state index in [4.69, 9.17) is 11.6 Å². The van der Waals surface area contributed by atoms with Crippen LogP contribution in [0.15, 0.2) is 71.6 Å². The number of non-ortho nitro benzene ring substituents is 1. The first-order valence-electron chi connectivity index (χ1n) is 9.73. The van der Waals surface area contributed by atoms with Crippen LogP contribution in [-0.4, -0.2) is 25.8 Å². The zero-order valence-electron chi connectivity index (χ0n) is 16.7. The van der Waals surface area contributed by atoms with Gasteiger partial charge >= 0.3 is 0 Å². The summed E-state index contributed by atoms with van der Waals surface area (Å²) in [7, 11) is -3.77. The Morgan fingerprint density at radius 3 is 2.53 bits per heavy atom. The molecule has 164 valence electrons. The van der Waals surface area contributed by atoms with Gasteiger partial charge in [0, 0.05) is 24.4 Å². The van der Waals surface area contributed by atoms with Crippen molar-refractivity contribution in [3.8, 4) is 0 Å². The lowest BCUT2D eigenvalue weighted by Gasteiger charge is -2.31. The second kappa shape index (κ2) is 8.60. The third kappa shape index (κ3) is 4.17.